The Morgan fingerprint density at radius 2 is 2.14 bits per heavy atom. The molecule has 1 aliphatic rings. The standard InChI is InChI=1S/C15H20F2N2O2/c1-9(2)14(15(20)19-6-5-11(18)8-19)21-13-4-3-10(16)7-12(13)17/h3-4,7,9,11,14H,5-6,8,18H2,1-2H3/t11-,14-/m1/s1. The summed E-state index contributed by atoms with van der Waals surface area (Å²) in [5.41, 5.74) is 5.80. The van der Waals surface area contributed by atoms with Gasteiger partial charge in [-0.2, -0.15) is 0 Å². The average molecular weight is 298 g/mol. The van der Waals surface area contributed by atoms with Gasteiger partial charge >= 0.3 is 0 Å². The number of ether oxygens (including phenoxy) is 1. The van der Waals surface area contributed by atoms with Gasteiger partial charge in [-0.3, -0.25) is 4.79 Å². The fourth-order valence-corrected chi connectivity index (χ4v) is 2.35. The molecule has 0 spiro atoms. The van der Waals surface area contributed by atoms with E-state index in [2.05, 4.69) is 0 Å². The van der Waals surface area contributed by atoms with Crippen molar-refractivity contribution in [3.63, 3.8) is 0 Å². The predicted molar refractivity (Wildman–Crippen MR) is 74.8 cm³/mol. The van der Waals surface area contributed by atoms with Gasteiger partial charge in [-0.15, -0.1) is 0 Å². The minimum atomic E-state index is -0.813. The highest BCUT2D eigenvalue weighted by Crippen LogP contribution is 2.23. The lowest BCUT2D eigenvalue weighted by Crippen LogP contribution is -2.44. The van der Waals surface area contributed by atoms with E-state index in [1.54, 1.807) is 4.90 Å². The van der Waals surface area contributed by atoms with Crippen LogP contribution in [-0.4, -0.2) is 36.0 Å². The van der Waals surface area contributed by atoms with Crippen LogP contribution >= 0.6 is 0 Å². The van der Waals surface area contributed by atoms with Crippen LogP contribution in [0.1, 0.15) is 20.3 Å². The fraction of sp³-hybridized carbons (Fsp3) is 0.533. The molecule has 0 aromatic heterocycles. The van der Waals surface area contributed by atoms with Crippen molar-refractivity contribution in [1.82, 2.24) is 4.90 Å². The summed E-state index contributed by atoms with van der Waals surface area (Å²) in [6, 6.07) is 3.02. The normalized spacial score (nSPS) is 19.9. The van der Waals surface area contributed by atoms with E-state index in [4.69, 9.17) is 10.5 Å². The molecule has 1 aliphatic heterocycles. The van der Waals surface area contributed by atoms with Crippen molar-refractivity contribution in [1.29, 1.82) is 0 Å². The Bertz CT molecular complexity index is 522. The molecule has 0 bridgehead atoms. The SMILES string of the molecule is CC(C)[C@@H](Oc1ccc(F)cc1F)C(=O)N1CC[C@@H](N)C1. The number of nitrogens with zero attached hydrogens (tertiary/aromatic N) is 1. The molecule has 1 saturated heterocycles. The van der Waals surface area contributed by atoms with Crippen molar-refractivity contribution in [3.8, 4) is 5.75 Å². The molecule has 1 aromatic rings. The summed E-state index contributed by atoms with van der Waals surface area (Å²) in [6.45, 7) is 4.70. The third-order valence-electron chi connectivity index (χ3n) is 3.53. The lowest BCUT2D eigenvalue weighted by Gasteiger charge is -2.26. The highest BCUT2D eigenvalue weighted by Gasteiger charge is 2.33. The quantitative estimate of drug-likeness (QED) is 0.924. The molecule has 0 radical (unpaired) electrons. The zero-order valence-corrected chi connectivity index (χ0v) is 12.2. The number of rotatable bonds is 4. The van der Waals surface area contributed by atoms with E-state index < -0.39 is 17.7 Å². The average Bonchev–Trinajstić information content (AvgIpc) is 2.83. The summed E-state index contributed by atoms with van der Waals surface area (Å²) >= 11 is 0. The van der Waals surface area contributed by atoms with Crippen LogP contribution in [0.5, 0.6) is 5.75 Å². The molecular formula is C15H20F2N2O2. The summed E-state index contributed by atoms with van der Waals surface area (Å²) < 4.78 is 32.1. The number of carbonyl (C=O) groups excluding carboxylic acids is 1. The van der Waals surface area contributed by atoms with E-state index in [9.17, 15) is 13.6 Å². The molecule has 1 heterocycles. The highest BCUT2D eigenvalue weighted by atomic mass is 19.1. The molecule has 0 unspecified atom stereocenters. The summed E-state index contributed by atoms with van der Waals surface area (Å²) in [7, 11) is 0. The minimum absolute atomic E-state index is 0.0238. The molecule has 0 saturated carbocycles. The second-order valence-corrected chi connectivity index (χ2v) is 5.69. The molecule has 2 N–H and O–H groups in total. The van der Waals surface area contributed by atoms with Gasteiger partial charge in [0.25, 0.3) is 5.91 Å². The zero-order chi connectivity index (χ0) is 15.6. The Balaban J connectivity index is 2.13. The van der Waals surface area contributed by atoms with Crippen molar-refractivity contribution in [2.24, 2.45) is 11.7 Å². The van der Waals surface area contributed by atoms with Crippen molar-refractivity contribution < 1.29 is 18.3 Å². The number of nitrogens with two attached hydrogens (primary N) is 1. The third-order valence-corrected chi connectivity index (χ3v) is 3.53. The second kappa shape index (κ2) is 6.39. The van der Waals surface area contributed by atoms with Gasteiger partial charge in [0.2, 0.25) is 0 Å². The Kier molecular flexibility index (Phi) is 4.77. The summed E-state index contributed by atoms with van der Waals surface area (Å²) in [6.07, 6.45) is -0.0585. The van der Waals surface area contributed by atoms with Crippen molar-refractivity contribution >= 4 is 5.91 Å². The highest BCUT2D eigenvalue weighted by molar-refractivity contribution is 5.82. The van der Waals surface area contributed by atoms with Gasteiger partial charge in [-0.25, -0.2) is 8.78 Å². The smallest absolute Gasteiger partial charge is 0.263 e. The van der Waals surface area contributed by atoms with E-state index in [1.165, 1.54) is 6.07 Å². The number of hydrogen-bond donors (Lipinski definition) is 1. The maximum atomic E-state index is 13.7. The van der Waals surface area contributed by atoms with Crippen LogP contribution in [0.2, 0.25) is 0 Å². The summed E-state index contributed by atoms with van der Waals surface area (Å²) in [5, 5.41) is 0. The van der Waals surface area contributed by atoms with Crippen LogP contribution in [0.3, 0.4) is 0 Å². The van der Waals surface area contributed by atoms with Crippen molar-refractivity contribution in [2.75, 3.05) is 13.1 Å². The molecule has 0 aliphatic carbocycles. The Hall–Kier alpha value is -1.69. The van der Waals surface area contributed by atoms with Gasteiger partial charge in [0.15, 0.2) is 17.7 Å². The monoisotopic (exact) mass is 298 g/mol. The third kappa shape index (κ3) is 3.69. The van der Waals surface area contributed by atoms with Gasteiger partial charge < -0.3 is 15.4 Å². The summed E-state index contributed by atoms with van der Waals surface area (Å²) in [4.78, 5) is 14.1. The van der Waals surface area contributed by atoms with Gasteiger partial charge in [0.1, 0.15) is 5.82 Å². The summed E-state index contributed by atoms with van der Waals surface area (Å²) in [5.74, 6) is -1.96. The molecular weight excluding hydrogens is 278 g/mol. The maximum Gasteiger partial charge on any atom is 0.263 e. The van der Waals surface area contributed by atoms with Crippen molar-refractivity contribution in [3.05, 3.63) is 29.8 Å². The van der Waals surface area contributed by atoms with Crippen molar-refractivity contribution in [2.45, 2.75) is 32.4 Å². The van der Waals surface area contributed by atoms with E-state index in [1.807, 2.05) is 13.8 Å². The van der Waals surface area contributed by atoms with Gasteiger partial charge in [0, 0.05) is 25.2 Å². The van der Waals surface area contributed by atoms with Crippen LogP contribution in [0.25, 0.3) is 0 Å². The van der Waals surface area contributed by atoms with Crippen LogP contribution in [0.4, 0.5) is 8.78 Å². The van der Waals surface area contributed by atoms with Gasteiger partial charge in [-0.1, -0.05) is 13.8 Å². The molecule has 6 heteroatoms. The molecule has 1 aromatic carbocycles. The first-order valence-electron chi connectivity index (χ1n) is 7.04. The number of benzene rings is 1. The van der Waals surface area contributed by atoms with Crippen LogP contribution in [-0.2, 0) is 4.79 Å². The van der Waals surface area contributed by atoms with E-state index in [0.29, 0.717) is 13.1 Å². The second-order valence-electron chi connectivity index (χ2n) is 5.69. The first-order valence-corrected chi connectivity index (χ1v) is 7.04. The molecule has 116 valence electrons. The van der Waals surface area contributed by atoms with Crippen LogP contribution < -0.4 is 10.5 Å². The lowest BCUT2D eigenvalue weighted by molar-refractivity contribution is -0.139. The molecule has 4 nitrogen and oxygen atoms in total. The largest absolute Gasteiger partial charge is 0.477 e. The maximum absolute atomic E-state index is 13.7. The van der Waals surface area contributed by atoms with Crippen LogP contribution in [0, 0.1) is 17.6 Å². The number of hydrogen-bond acceptors (Lipinski definition) is 3. The van der Waals surface area contributed by atoms with Gasteiger partial charge in [0.05, 0.1) is 0 Å². The van der Waals surface area contributed by atoms with E-state index >= 15 is 0 Å². The fourth-order valence-electron chi connectivity index (χ4n) is 2.35. The molecule has 1 amide bonds. The van der Waals surface area contributed by atoms with Gasteiger partial charge in [-0.05, 0) is 24.5 Å². The first-order chi connectivity index (χ1) is 9.88. The van der Waals surface area contributed by atoms with E-state index in [-0.39, 0.29) is 23.6 Å². The lowest BCUT2D eigenvalue weighted by atomic mass is 10.1. The number of carbonyl (C=O) groups is 1. The molecule has 2 atom stereocenters. The Labute approximate surface area is 122 Å². The predicted octanol–water partition coefficient (Wildman–Crippen LogP) is 1.93. The molecule has 21 heavy (non-hydrogen) atoms. The Morgan fingerprint density at radius 1 is 1.43 bits per heavy atom. The molecule has 2 rings (SSSR count). The molecule has 1 fully saturated rings. The van der Waals surface area contributed by atoms with Crippen LogP contribution in [0.15, 0.2) is 18.2 Å². The topological polar surface area (TPSA) is 55.6 Å². The zero-order valence-electron chi connectivity index (χ0n) is 12.2. The number of halogens is 2. The minimum Gasteiger partial charge on any atom is -0.477 e. The van der Waals surface area contributed by atoms with E-state index in [0.717, 1.165) is 18.6 Å². The number of amides is 1. The number of likely N-dealkylation sites (tertiary alicyclic amines) is 1. The first kappa shape index (κ1) is 15.7. The Morgan fingerprint density at radius 3 is 2.67 bits per heavy atom.